The predicted molar refractivity (Wildman–Crippen MR) is 164 cm³/mol. The highest BCUT2D eigenvalue weighted by molar-refractivity contribution is 7.92. The van der Waals surface area contributed by atoms with E-state index in [1.807, 2.05) is 0 Å². The molecular weight excluding hydrogens is 524 g/mol. The highest BCUT2D eigenvalue weighted by Gasteiger charge is 2.63. The van der Waals surface area contributed by atoms with E-state index in [2.05, 4.69) is 52.6 Å². The van der Waals surface area contributed by atoms with Crippen LogP contribution in [-0.2, 0) is 14.5 Å². The van der Waals surface area contributed by atoms with Crippen molar-refractivity contribution in [3.8, 4) is 0 Å². The van der Waals surface area contributed by atoms with E-state index < -0.39 is 9.73 Å². The summed E-state index contributed by atoms with van der Waals surface area (Å²) in [6, 6.07) is 1.10. The van der Waals surface area contributed by atoms with Gasteiger partial charge in [0.2, 0.25) is 0 Å². The summed E-state index contributed by atoms with van der Waals surface area (Å²) >= 11 is 0. The highest BCUT2D eigenvalue weighted by atomic mass is 32.2. The maximum atomic E-state index is 12.5. The van der Waals surface area contributed by atoms with Gasteiger partial charge >= 0.3 is 5.84 Å². The van der Waals surface area contributed by atoms with Crippen molar-refractivity contribution in [2.75, 3.05) is 45.8 Å². The highest BCUT2D eigenvalue weighted by Crippen LogP contribution is 2.51. The third-order valence-electron chi connectivity index (χ3n) is 9.89. The fourth-order valence-corrected chi connectivity index (χ4v) is 8.32. The number of rotatable bonds is 3. The third kappa shape index (κ3) is 5.57. The molecule has 6 aliphatic rings. The molecule has 40 heavy (non-hydrogen) atoms. The molecule has 0 spiro atoms. The minimum Gasteiger partial charge on any atom is -0.375 e. The lowest BCUT2D eigenvalue weighted by atomic mass is 9.70. The molecule has 0 aromatic carbocycles. The fourth-order valence-electron chi connectivity index (χ4n) is 7.68. The molecule has 0 bridgehead atoms. The Morgan fingerprint density at radius 2 is 2.00 bits per heavy atom. The molecule has 0 amide bonds. The molecule has 6 heterocycles. The Balaban J connectivity index is 1.29. The monoisotopic (exact) mass is 573 g/mol. The molecule has 3 saturated heterocycles. The Hall–Kier alpha value is -1.62. The lowest BCUT2D eigenvalue weighted by Gasteiger charge is -2.45. The van der Waals surface area contributed by atoms with E-state index in [0.717, 1.165) is 63.3 Å². The van der Waals surface area contributed by atoms with Crippen LogP contribution in [0.5, 0.6) is 0 Å². The van der Waals surface area contributed by atoms with Crippen molar-refractivity contribution in [2.45, 2.75) is 102 Å². The second-order valence-corrected chi connectivity index (χ2v) is 16.5. The minimum absolute atomic E-state index is 0.0655. The molecular formula is C29H49N8O2S+. The van der Waals surface area contributed by atoms with E-state index >= 15 is 0 Å². The van der Waals surface area contributed by atoms with Crippen molar-refractivity contribution in [1.29, 1.82) is 0 Å². The van der Waals surface area contributed by atoms with Crippen LogP contribution in [0.3, 0.4) is 0 Å². The van der Waals surface area contributed by atoms with Gasteiger partial charge in [-0.1, -0.05) is 6.92 Å². The van der Waals surface area contributed by atoms with E-state index in [0.29, 0.717) is 24.5 Å². The van der Waals surface area contributed by atoms with E-state index in [1.54, 1.807) is 12.5 Å². The van der Waals surface area contributed by atoms with Crippen LogP contribution in [0.2, 0.25) is 0 Å². The summed E-state index contributed by atoms with van der Waals surface area (Å²) < 4.78 is 28.4. The number of ether oxygens (including phenoxy) is 1. The van der Waals surface area contributed by atoms with Gasteiger partial charge in [0.05, 0.1) is 43.6 Å². The van der Waals surface area contributed by atoms with E-state index in [-0.39, 0.29) is 29.3 Å². The summed E-state index contributed by atoms with van der Waals surface area (Å²) in [7, 11) is -0.0261. The van der Waals surface area contributed by atoms with Crippen LogP contribution < -0.4 is 15.3 Å². The van der Waals surface area contributed by atoms with Gasteiger partial charge in [0.15, 0.2) is 12.1 Å². The van der Waals surface area contributed by atoms with Gasteiger partial charge in [-0.2, -0.15) is 0 Å². The van der Waals surface area contributed by atoms with Gasteiger partial charge in [-0.05, 0) is 63.9 Å². The molecule has 222 valence electrons. The zero-order valence-corrected chi connectivity index (χ0v) is 26.1. The quantitative estimate of drug-likeness (QED) is 0.499. The molecule has 0 radical (unpaired) electrons. The van der Waals surface area contributed by atoms with Crippen molar-refractivity contribution < 1.29 is 8.95 Å². The molecule has 3 fully saturated rings. The van der Waals surface area contributed by atoms with Crippen LogP contribution in [0.4, 0.5) is 0 Å². The topological polar surface area (TPSA) is 108 Å². The number of amidine groups is 3. The average molecular weight is 574 g/mol. The van der Waals surface area contributed by atoms with Crippen molar-refractivity contribution >= 4 is 32.9 Å². The summed E-state index contributed by atoms with van der Waals surface area (Å²) in [5.41, 5.74) is 1.11. The Bertz CT molecular complexity index is 1270. The normalized spacial score (nSPS) is 38.1. The van der Waals surface area contributed by atoms with Crippen molar-refractivity contribution in [3.63, 3.8) is 0 Å². The number of fused-ring (bicyclic) bond motifs is 3. The molecule has 2 N–H and O–H groups in total. The first kappa shape index (κ1) is 28.5. The van der Waals surface area contributed by atoms with Crippen LogP contribution in [0, 0.1) is 11.3 Å². The van der Waals surface area contributed by atoms with Crippen LogP contribution in [0.15, 0.2) is 14.3 Å². The first-order chi connectivity index (χ1) is 18.9. The second-order valence-electron chi connectivity index (χ2n) is 13.9. The molecule has 10 nitrogen and oxygen atoms in total. The smallest absolute Gasteiger partial charge is 0.333 e. The van der Waals surface area contributed by atoms with E-state index in [1.165, 1.54) is 25.1 Å². The number of likely N-dealkylation sites (tertiary alicyclic amines) is 2. The number of hydrogen-bond acceptors (Lipinski definition) is 9. The van der Waals surface area contributed by atoms with E-state index in [4.69, 9.17) is 19.4 Å². The second kappa shape index (κ2) is 10.6. The average Bonchev–Trinajstić information content (AvgIpc) is 3.41. The van der Waals surface area contributed by atoms with Crippen LogP contribution in [-0.4, -0.2) is 113 Å². The predicted octanol–water partition coefficient (Wildman–Crippen LogP) is 1.84. The van der Waals surface area contributed by atoms with Crippen molar-refractivity contribution in [2.24, 2.45) is 25.7 Å². The molecule has 3 unspecified atom stereocenters. The summed E-state index contributed by atoms with van der Waals surface area (Å²) in [6.07, 6.45) is 11.4. The molecule has 0 saturated carbocycles. The maximum absolute atomic E-state index is 12.5. The molecule has 6 aliphatic heterocycles. The molecule has 6 rings (SSSR count). The SMILES string of the molecule is CN1CCC[C@@H]1C1=NCC(NC2N=C3C(CN2)[C@@]2(C)COC(C)(C)C[C@H]2N3C2=[N+]=C(N=S(C)(C)=O)CCC2)CC1. The Labute approximate surface area is 240 Å². The van der Waals surface area contributed by atoms with E-state index in [9.17, 15) is 4.21 Å². The van der Waals surface area contributed by atoms with Gasteiger partial charge in [-0.15, -0.1) is 0 Å². The Morgan fingerprint density at radius 3 is 2.70 bits per heavy atom. The van der Waals surface area contributed by atoms with Gasteiger partial charge in [0.25, 0.3) is 5.84 Å². The van der Waals surface area contributed by atoms with Gasteiger partial charge < -0.3 is 4.74 Å². The first-order valence-corrected chi connectivity index (χ1v) is 17.6. The molecule has 0 aromatic rings. The van der Waals surface area contributed by atoms with Gasteiger partial charge in [0, 0.05) is 48.7 Å². The van der Waals surface area contributed by atoms with Crippen molar-refractivity contribution in [3.05, 3.63) is 0 Å². The largest absolute Gasteiger partial charge is 0.375 e. The zero-order valence-electron chi connectivity index (χ0n) is 25.3. The summed E-state index contributed by atoms with van der Waals surface area (Å²) in [5.74, 6) is 3.09. The summed E-state index contributed by atoms with van der Waals surface area (Å²) in [4.78, 5) is 15.3. The standard InChI is InChI=1S/C29H49N8O2S/c1-28(2)15-23-29(3,18-39-28)20-17-31-27(32-19-12-13-21(30-16-19)22-9-8-14-36(22)4)34-26(20)37(23)25-11-7-10-24(33-25)35-40(5,6)38/h19-20,22-23,27,31-32H,7-18H2,1-6H3/q+1/t19?,20?,22-,23-,27?,29-/m1/s1. The van der Waals surface area contributed by atoms with Crippen LogP contribution >= 0.6 is 0 Å². The Kier molecular flexibility index (Phi) is 7.54. The minimum atomic E-state index is -2.26. The molecule has 0 aromatic heterocycles. The van der Waals surface area contributed by atoms with Crippen LogP contribution in [0.1, 0.15) is 72.1 Å². The zero-order chi connectivity index (χ0) is 28.3. The number of nitrogens with zero attached hydrogens (tertiary/aromatic N) is 6. The Morgan fingerprint density at radius 1 is 1.18 bits per heavy atom. The summed E-state index contributed by atoms with van der Waals surface area (Å²) in [6.45, 7) is 10.3. The first-order valence-electron chi connectivity index (χ1n) is 15.3. The third-order valence-corrected chi connectivity index (χ3v) is 10.5. The number of nitrogens with one attached hydrogen (secondary N) is 2. The fraction of sp³-hybridized carbons (Fsp3) is 0.862. The number of hydrogen-bond donors (Lipinski definition) is 2. The maximum Gasteiger partial charge on any atom is 0.333 e. The molecule has 11 heteroatoms. The van der Waals surface area contributed by atoms with Gasteiger partial charge in [-0.3, -0.25) is 20.5 Å². The van der Waals surface area contributed by atoms with Crippen molar-refractivity contribution in [1.82, 2.24) is 25.1 Å². The summed E-state index contributed by atoms with van der Waals surface area (Å²) in [5, 5.41) is 7.50. The van der Waals surface area contributed by atoms with Crippen LogP contribution in [0.25, 0.3) is 0 Å². The number of aliphatic imine (C=N–C) groups is 2. The molecule has 0 aliphatic carbocycles. The van der Waals surface area contributed by atoms with Gasteiger partial charge in [-0.25, -0.2) is 18.8 Å². The van der Waals surface area contributed by atoms with Gasteiger partial charge in [0.1, 0.15) is 9.73 Å². The lowest BCUT2D eigenvalue weighted by molar-refractivity contribution is -0.131. The molecule has 6 atom stereocenters. The lowest BCUT2D eigenvalue weighted by Crippen LogP contribution is -2.56.